The van der Waals surface area contributed by atoms with E-state index in [4.69, 9.17) is 0 Å². The Kier molecular flexibility index (Phi) is 11.9. The Morgan fingerprint density at radius 2 is 1.11 bits per heavy atom. The first-order valence-corrected chi connectivity index (χ1v) is 13.6. The predicted molar refractivity (Wildman–Crippen MR) is 145 cm³/mol. The summed E-state index contributed by atoms with van der Waals surface area (Å²) in [5.41, 5.74) is 6.06. The van der Waals surface area contributed by atoms with Gasteiger partial charge in [-0.1, -0.05) is 113 Å². The minimum absolute atomic E-state index is 0.197. The molecule has 3 rings (SSSR count). The van der Waals surface area contributed by atoms with Gasteiger partial charge in [-0.15, -0.1) is 0 Å². The lowest BCUT2D eigenvalue weighted by molar-refractivity contribution is 0.449. The third-order valence-electron chi connectivity index (χ3n) is 6.79. The zero-order chi connectivity index (χ0) is 24.7. The molecule has 0 aliphatic rings. The van der Waals surface area contributed by atoms with E-state index in [1.165, 1.54) is 43.2 Å². The normalized spacial score (nSPS) is 11.2. The van der Waals surface area contributed by atoms with Gasteiger partial charge in [-0.3, -0.25) is 4.39 Å². The molecular formula is C32H41F2N. The van der Waals surface area contributed by atoms with Crippen molar-refractivity contribution in [2.75, 3.05) is 6.67 Å². The second-order valence-corrected chi connectivity index (χ2v) is 9.65. The fraction of sp³-hybridized carbons (Fsp3) is 0.469. The van der Waals surface area contributed by atoms with E-state index < -0.39 is 0 Å². The molecule has 0 bridgehead atoms. The van der Waals surface area contributed by atoms with Crippen LogP contribution < -0.4 is 0 Å². The van der Waals surface area contributed by atoms with Crippen LogP contribution >= 0.6 is 0 Å². The van der Waals surface area contributed by atoms with Crippen LogP contribution in [-0.4, -0.2) is 11.7 Å². The number of benzene rings is 2. The van der Waals surface area contributed by atoms with E-state index in [2.05, 4.69) is 48.3 Å². The van der Waals surface area contributed by atoms with E-state index in [0.717, 1.165) is 56.1 Å². The summed E-state index contributed by atoms with van der Waals surface area (Å²) in [6.07, 6.45) is 14.1. The van der Waals surface area contributed by atoms with Crippen molar-refractivity contribution < 1.29 is 8.78 Å². The number of aromatic nitrogens is 1. The highest BCUT2D eigenvalue weighted by molar-refractivity contribution is 5.69. The molecule has 0 atom stereocenters. The van der Waals surface area contributed by atoms with E-state index >= 15 is 0 Å². The van der Waals surface area contributed by atoms with Crippen molar-refractivity contribution in [1.29, 1.82) is 0 Å². The quantitative estimate of drug-likeness (QED) is 0.148. The first-order valence-electron chi connectivity index (χ1n) is 13.6. The van der Waals surface area contributed by atoms with E-state index in [1.54, 1.807) is 0 Å². The van der Waals surface area contributed by atoms with Crippen molar-refractivity contribution in [3.8, 4) is 22.4 Å². The van der Waals surface area contributed by atoms with Gasteiger partial charge >= 0.3 is 0 Å². The largest absolute Gasteiger partial charge is 0.251 e. The van der Waals surface area contributed by atoms with Gasteiger partial charge in [0.1, 0.15) is 0 Å². The summed E-state index contributed by atoms with van der Waals surface area (Å²) in [4.78, 5) is 4.25. The average molecular weight is 478 g/mol. The molecule has 0 spiro atoms. The minimum atomic E-state index is -0.350. The molecule has 188 valence electrons. The lowest BCUT2D eigenvalue weighted by Crippen LogP contribution is -1.96. The van der Waals surface area contributed by atoms with E-state index in [9.17, 15) is 8.78 Å². The monoisotopic (exact) mass is 477 g/mol. The van der Waals surface area contributed by atoms with Gasteiger partial charge < -0.3 is 0 Å². The first-order chi connectivity index (χ1) is 17.2. The molecule has 0 aliphatic carbocycles. The summed E-state index contributed by atoms with van der Waals surface area (Å²) >= 11 is 0. The number of rotatable bonds is 16. The zero-order valence-electron chi connectivity index (χ0n) is 21.4. The molecule has 0 N–H and O–H groups in total. The molecule has 0 fully saturated rings. The predicted octanol–water partition coefficient (Wildman–Crippen LogP) is 9.92. The Morgan fingerprint density at radius 3 is 1.71 bits per heavy atom. The molecule has 1 nitrogen and oxygen atoms in total. The first kappa shape index (κ1) is 27.0. The summed E-state index contributed by atoms with van der Waals surface area (Å²) in [5, 5.41) is 0. The van der Waals surface area contributed by atoms with Gasteiger partial charge in [-0.2, -0.15) is 4.39 Å². The third-order valence-corrected chi connectivity index (χ3v) is 6.79. The Balaban J connectivity index is 1.47. The van der Waals surface area contributed by atoms with Gasteiger partial charge in [0.15, 0.2) is 0 Å². The lowest BCUT2D eigenvalue weighted by atomic mass is 9.99. The number of alkyl halides is 1. The molecule has 3 aromatic rings. The van der Waals surface area contributed by atoms with Crippen LogP contribution in [-0.2, 0) is 12.8 Å². The van der Waals surface area contributed by atoms with E-state index in [0.29, 0.717) is 17.7 Å². The second kappa shape index (κ2) is 15.4. The van der Waals surface area contributed by atoms with Crippen molar-refractivity contribution in [3.05, 3.63) is 77.7 Å². The molecule has 0 saturated carbocycles. The number of halogens is 2. The van der Waals surface area contributed by atoms with Crippen molar-refractivity contribution in [2.45, 2.75) is 90.4 Å². The smallest absolute Gasteiger partial charge is 0.216 e. The fourth-order valence-corrected chi connectivity index (χ4v) is 4.56. The minimum Gasteiger partial charge on any atom is -0.251 e. The van der Waals surface area contributed by atoms with Crippen molar-refractivity contribution >= 4 is 0 Å². The number of hydrogen-bond acceptors (Lipinski definition) is 1. The van der Waals surface area contributed by atoms with Gasteiger partial charge in [0.2, 0.25) is 5.95 Å². The van der Waals surface area contributed by atoms with Crippen LogP contribution in [0.5, 0.6) is 0 Å². The maximum absolute atomic E-state index is 14.6. The highest BCUT2D eigenvalue weighted by atomic mass is 19.1. The Labute approximate surface area is 211 Å². The van der Waals surface area contributed by atoms with Crippen LogP contribution in [0.4, 0.5) is 8.78 Å². The maximum Gasteiger partial charge on any atom is 0.216 e. The van der Waals surface area contributed by atoms with Crippen LogP contribution in [0.1, 0.15) is 88.7 Å². The summed E-state index contributed by atoms with van der Waals surface area (Å²) < 4.78 is 26.7. The summed E-state index contributed by atoms with van der Waals surface area (Å²) in [5.74, 6) is -0.350. The van der Waals surface area contributed by atoms with Gasteiger partial charge in [0.05, 0.1) is 12.4 Å². The molecule has 2 aromatic carbocycles. The van der Waals surface area contributed by atoms with Gasteiger partial charge in [-0.25, -0.2) is 4.98 Å². The Morgan fingerprint density at radius 1 is 0.571 bits per heavy atom. The van der Waals surface area contributed by atoms with Gasteiger partial charge in [0, 0.05) is 11.1 Å². The Bertz CT molecular complexity index is 979. The fourth-order valence-electron chi connectivity index (χ4n) is 4.56. The topological polar surface area (TPSA) is 12.9 Å². The molecule has 0 radical (unpaired) electrons. The molecule has 0 amide bonds. The van der Waals surface area contributed by atoms with Crippen LogP contribution in [0.2, 0.25) is 0 Å². The van der Waals surface area contributed by atoms with Crippen molar-refractivity contribution in [1.82, 2.24) is 4.98 Å². The van der Waals surface area contributed by atoms with Gasteiger partial charge in [0.25, 0.3) is 0 Å². The molecule has 0 saturated heterocycles. The number of nitrogens with zero attached hydrogens (tertiary/aromatic N) is 1. The van der Waals surface area contributed by atoms with Crippen molar-refractivity contribution in [2.24, 2.45) is 0 Å². The number of unbranched alkanes of at least 4 members (excludes halogenated alkanes) is 9. The molecule has 1 aromatic heterocycles. The van der Waals surface area contributed by atoms with Crippen LogP contribution in [0.25, 0.3) is 22.4 Å². The van der Waals surface area contributed by atoms with Crippen LogP contribution in [0.15, 0.2) is 60.7 Å². The lowest BCUT2D eigenvalue weighted by Gasteiger charge is -2.08. The summed E-state index contributed by atoms with van der Waals surface area (Å²) in [7, 11) is 0. The third kappa shape index (κ3) is 9.20. The molecule has 0 unspecified atom stereocenters. The summed E-state index contributed by atoms with van der Waals surface area (Å²) in [6.45, 7) is 2.04. The molecule has 35 heavy (non-hydrogen) atoms. The molecule has 1 heterocycles. The van der Waals surface area contributed by atoms with Crippen LogP contribution in [0, 0.1) is 5.95 Å². The van der Waals surface area contributed by atoms with Gasteiger partial charge in [-0.05, 0) is 54.9 Å². The number of hydrogen-bond donors (Lipinski definition) is 0. The number of pyridine rings is 1. The highest BCUT2D eigenvalue weighted by Gasteiger charge is 2.08. The molecule has 0 aliphatic heterocycles. The number of aryl methyl sites for hydroxylation is 2. The van der Waals surface area contributed by atoms with Crippen molar-refractivity contribution in [3.63, 3.8) is 0 Å². The van der Waals surface area contributed by atoms with E-state index in [1.807, 2.05) is 24.3 Å². The maximum atomic E-state index is 14.6. The molecular weight excluding hydrogens is 436 g/mol. The SMILES string of the molecule is CCCCCc1ccc(-c2ccc(-c3ccc(CCCCCCCCCCF)c(F)n3)cc2)cc1. The van der Waals surface area contributed by atoms with E-state index in [-0.39, 0.29) is 12.6 Å². The average Bonchev–Trinajstić information content (AvgIpc) is 2.89. The Hall–Kier alpha value is -2.55. The highest BCUT2D eigenvalue weighted by Crippen LogP contribution is 2.25. The zero-order valence-corrected chi connectivity index (χ0v) is 21.4. The standard InChI is InChI=1S/C32H41F2N/c1-2-3-10-13-26-15-17-27(18-16-26)28-19-21-29(22-20-28)31-24-23-30(32(34)35-31)14-11-8-6-4-5-7-9-12-25-33/h15-24H,2-14,25H2,1H3. The second-order valence-electron chi connectivity index (χ2n) is 9.65. The summed E-state index contributed by atoms with van der Waals surface area (Å²) in [6, 6.07) is 20.9. The molecule has 3 heteroatoms. The van der Waals surface area contributed by atoms with Crippen LogP contribution in [0.3, 0.4) is 0 Å².